The summed E-state index contributed by atoms with van der Waals surface area (Å²) in [5, 5.41) is 5.23. The Balaban J connectivity index is 0.000000142. The minimum Gasteiger partial charge on any atom is -0.467 e. The molecule has 422 valence electrons. The van der Waals surface area contributed by atoms with Crippen LogP contribution < -0.4 is 20.6 Å². The van der Waals surface area contributed by atoms with E-state index < -0.39 is 17.7 Å². The fourth-order valence-corrected chi connectivity index (χ4v) is 14.0. The smallest absolute Gasteiger partial charge is 0.329 e. The lowest BCUT2D eigenvalue weighted by Gasteiger charge is -2.37. The molecule has 0 saturated carbocycles. The largest absolute Gasteiger partial charge is 0.467 e. The molecule has 2 bridgehead atoms. The van der Waals surface area contributed by atoms with Crippen molar-refractivity contribution < 1.29 is 32.6 Å². The molecule has 7 saturated heterocycles. The number of ether oxygens (including phenoxy) is 2. The molecule has 80 heavy (non-hydrogen) atoms. The van der Waals surface area contributed by atoms with E-state index in [-0.39, 0.29) is 46.7 Å². The number of imidazole rings is 1. The number of carbonyl (C=O) groups is 3. The number of likely N-dealkylation sites (N-methyl/N-ethyl adjacent to an activating group) is 1. The zero-order valence-electron chi connectivity index (χ0n) is 46.4. The quantitative estimate of drug-likeness (QED) is 0.0847. The monoisotopic (exact) mass is 1090 g/mol. The van der Waals surface area contributed by atoms with Gasteiger partial charge in [0.25, 0.3) is 5.91 Å². The van der Waals surface area contributed by atoms with Crippen LogP contribution in [0, 0.1) is 29.9 Å². The summed E-state index contributed by atoms with van der Waals surface area (Å²) in [6, 6.07) is 16.1. The molecular weight excluding hydrogens is 1020 g/mol. The number of fused-ring (bicyclic) bond motifs is 6. The molecule has 5 atom stereocenters. The van der Waals surface area contributed by atoms with Crippen LogP contribution in [-0.2, 0) is 26.2 Å². The van der Waals surface area contributed by atoms with Crippen molar-refractivity contribution in [2.24, 2.45) is 13.0 Å². The Kier molecular flexibility index (Phi) is 16.3. The number of para-hydroxylation sites is 1. The van der Waals surface area contributed by atoms with Crippen LogP contribution in [0.15, 0.2) is 59.5 Å². The highest BCUT2D eigenvalue weighted by Crippen LogP contribution is 2.39. The second-order valence-corrected chi connectivity index (χ2v) is 22.9. The molecular formula is C61H73F2N11O6. The molecule has 7 aliphatic rings. The van der Waals surface area contributed by atoms with Crippen molar-refractivity contribution >= 4 is 56.8 Å². The van der Waals surface area contributed by atoms with Gasteiger partial charge in [-0.25, -0.2) is 13.6 Å². The van der Waals surface area contributed by atoms with E-state index in [0.29, 0.717) is 57.9 Å². The number of pyridine rings is 1. The lowest BCUT2D eigenvalue weighted by molar-refractivity contribution is -0.149. The second kappa shape index (κ2) is 23.7. The number of rotatable bonds is 10. The normalized spacial score (nSPS) is 23.8. The van der Waals surface area contributed by atoms with Crippen LogP contribution in [0.3, 0.4) is 0 Å². The van der Waals surface area contributed by atoms with E-state index in [9.17, 15) is 23.6 Å². The molecule has 19 heteroatoms. The summed E-state index contributed by atoms with van der Waals surface area (Å²) in [5.74, 6) is 2.35. The van der Waals surface area contributed by atoms with E-state index in [0.717, 1.165) is 125 Å². The first-order valence-corrected chi connectivity index (χ1v) is 28.6. The van der Waals surface area contributed by atoms with Crippen LogP contribution in [0.2, 0.25) is 0 Å². The highest BCUT2D eigenvalue weighted by molar-refractivity contribution is 6.02. The molecule has 0 spiro atoms. The Morgan fingerprint density at radius 3 is 2.34 bits per heavy atom. The zero-order valence-corrected chi connectivity index (χ0v) is 46.4. The van der Waals surface area contributed by atoms with Gasteiger partial charge in [0.05, 0.1) is 35.7 Å². The van der Waals surface area contributed by atoms with Crippen molar-refractivity contribution in [3.05, 3.63) is 88.0 Å². The molecule has 7 fully saturated rings. The molecule has 3 aromatic heterocycles. The van der Waals surface area contributed by atoms with Gasteiger partial charge in [0.1, 0.15) is 28.9 Å². The summed E-state index contributed by atoms with van der Waals surface area (Å²) in [6.07, 6.45) is 20.8. The van der Waals surface area contributed by atoms with Crippen molar-refractivity contribution in [2.75, 3.05) is 85.1 Å². The van der Waals surface area contributed by atoms with Gasteiger partial charge in [-0.2, -0.15) is 9.97 Å². The summed E-state index contributed by atoms with van der Waals surface area (Å²) < 4.78 is 44.3. The number of piperazine rings is 1. The first-order chi connectivity index (χ1) is 38.9. The number of imide groups is 1. The molecule has 0 radical (unpaired) electrons. The summed E-state index contributed by atoms with van der Waals surface area (Å²) in [7, 11) is 6.55. The molecule has 3 aromatic carbocycles. The van der Waals surface area contributed by atoms with E-state index >= 15 is 4.39 Å². The summed E-state index contributed by atoms with van der Waals surface area (Å²) in [5.41, 5.74) is 3.29. The van der Waals surface area contributed by atoms with Crippen LogP contribution in [0.4, 0.5) is 14.6 Å². The number of benzene rings is 3. The Labute approximate surface area is 465 Å². The predicted molar refractivity (Wildman–Crippen MR) is 303 cm³/mol. The highest BCUT2D eigenvalue weighted by Gasteiger charge is 2.38. The van der Waals surface area contributed by atoms with Gasteiger partial charge >= 0.3 is 11.7 Å². The van der Waals surface area contributed by atoms with Crippen LogP contribution in [-0.4, -0.2) is 166 Å². The minimum atomic E-state index is -0.642. The number of aryl methyl sites for hydroxylation is 1. The summed E-state index contributed by atoms with van der Waals surface area (Å²) >= 11 is 0. The van der Waals surface area contributed by atoms with Crippen molar-refractivity contribution in [3.63, 3.8) is 0 Å². The van der Waals surface area contributed by atoms with Crippen molar-refractivity contribution in [1.29, 1.82) is 0 Å². The molecule has 0 aliphatic carbocycles. The number of nitrogens with one attached hydrogen (secondary N) is 1. The number of carbonyl (C=O) groups excluding carboxylic acids is 3. The lowest BCUT2D eigenvalue weighted by atomic mass is 9.87. The molecule has 13 rings (SSSR count). The number of anilines is 1. The first kappa shape index (κ1) is 55.1. The maximum absolute atomic E-state index is 16.1. The van der Waals surface area contributed by atoms with Crippen molar-refractivity contribution in [1.82, 2.24) is 49.0 Å². The van der Waals surface area contributed by atoms with Gasteiger partial charge in [-0.05, 0) is 125 Å². The number of halogens is 2. The standard InChI is InChI=1S/C26H21F2N5O.C26H35N5O4.C9H17NO/c1-3-17-20(27)10-7-14-5-4-6-18(21(14)17)23-22(28)24-19(11-29-23)25(32-26(31-24)34-2)33-12-15-8-9-16(13-33)30-15;1-27-23(33)7-6-22(25(27)34)31-21-5-3-4-20(24(21)28(2)26(31)35)19-10-14-29(15-11-19)16-18-8-12-30(17-32)13-9-18;1-11-7-9-5-4-8-3-2-6-10(8)9/h1,4-7,10-11,15-16,30H,8-9,12-13H2,2H3;3-5,17-19,22H,6-16H2,1-2H3;8-9H,2-7H2,1H3. The minimum absolute atomic E-state index is 0.0484. The van der Waals surface area contributed by atoms with Gasteiger partial charge in [-0.3, -0.25) is 38.3 Å². The fourth-order valence-electron chi connectivity index (χ4n) is 14.0. The predicted octanol–water partition coefficient (Wildman–Crippen LogP) is 7.02. The van der Waals surface area contributed by atoms with Gasteiger partial charge in [-0.1, -0.05) is 42.3 Å². The number of likely N-dealkylation sites (tertiary alicyclic amines) is 3. The number of aromatic nitrogens is 5. The SMILES string of the molecule is C#Cc1c(F)ccc2cccc(-c3ncc4c(N5CC6CCC(C5)N6)nc(OC)nc4c3F)c12.CN1C(=O)CCC(n2c(=O)n(C)c3c(C4CCN(CC5CCN(C=O)CC5)CC4)cccc32)C1=O.COCC1CCC2CCCN21. The van der Waals surface area contributed by atoms with Gasteiger partial charge in [-0.15, -0.1) is 6.42 Å². The molecule has 1 N–H and O–H groups in total. The van der Waals surface area contributed by atoms with Crippen molar-refractivity contribution in [3.8, 4) is 29.6 Å². The third-order valence-electron chi connectivity index (χ3n) is 18.2. The van der Waals surface area contributed by atoms with Crippen LogP contribution in [0.1, 0.15) is 100 Å². The molecule has 10 heterocycles. The van der Waals surface area contributed by atoms with Gasteiger partial charge in [0.15, 0.2) is 5.82 Å². The Morgan fingerprint density at radius 1 is 0.850 bits per heavy atom. The molecule has 3 amide bonds. The average molecular weight is 1090 g/mol. The number of piperidine rings is 3. The zero-order chi connectivity index (χ0) is 55.8. The number of hydrogen-bond donors (Lipinski definition) is 1. The summed E-state index contributed by atoms with van der Waals surface area (Å²) in [4.78, 5) is 72.8. The average Bonchev–Trinajstić information content (AvgIpc) is 4.29. The molecule has 7 aliphatic heterocycles. The summed E-state index contributed by atoms with van der Waals surface area (Å²) in [6.45, 7) is 8.67. The second-order valence-electron chi connectivity index (χ2n) is 22.9. The van der Waals surface area contributed by atoms with E-state index in [1.165, 1.54) is 58.0 Å². The fraction of sp³-hybridized carbons (Fsp3) is 0.525. The molecule has 6 aromatic rings. The Bertz CT molecular complexity index is 3390. The number of hydrogen-bond acceptors (Lipinski definition) is 13. The Hall–Kier alpha value is -6.85. The van der Waals surface area contributed by atoms with Crippen LogP contribution in [0.25, 0.3) is 44.0 Å². The molecule has 17 nitrogen and oxygen atoms in total. The maximum Gasteiger partial charge on any atom is 0.329 e. The topological polar surface area (TPSA) is 163 Å². The number of methoxy groups -OCH3 is 2. The highest BCUT2D eigenvalue weighted by atomic mass is 19.1. The third kappa shape index (κ3) is 10.7. The van der Waals surface area contributed by atoms with E-state index in [4.69, 9.17) is 15.9 Å². The number of terminal acetylenes is 1. The number of nitrogens with zero attached hydrogens (tertiary/aromatic N) is 10. The Morgan fingerprint density at radius 2 is 1.61 bits per heavy atom. The lowest BCUT2D eigenvalue weighted by Crippen LogP contribution is -2.51. The molecule has 5 unspecified atom stereocenters. The van der Waals surface area contributed by atoms with E-state index in [2.05, 4.69) is 47.0 Å². The van der Waals surface area contributed by atoms with E-state index in [1.807, 2.05) is 24.1 Å². The van der Waals surface area contributed by atoms with Gasteiger partial charge < -0.3 is 29.5 Å². The van der Waals surface area contributed by atoms with E-state index in [1.54, 1.807) is 46.6 Å². The van der Waals surface area contributed by atoms with Gasteiger partial charge in [0.2, 0.25) is 12.3 Å². The van der Waals surface area contributed by atoms with Crippen LogP contribution >= 0.6 is 0 Å². The maximum atomic E-state index is 16.1. The van der Waals surface area contributed by atoms with Gasteiger partial charge in [0, 0.05) is 102 Å². The van der Waals surface area contributed by atoms with Crippen LogP contribution in [0.5, 0.6) is 6.01 Å². The first-order valence-electron chi connectivity index (χ1n) is 28.6. The number of amides is 3. The van der Waals surface area contributed by atoms with Crippen molar-refractivity contribution in [2.45, 2.75) is 113 Å². The third-order valence-corrected chi connectivity index (χ3v) is 18.2.